The van der Waals surface area contributed by atoms with Gasteiger partial charge in [0.2, 0.25) is 0 Å². The first-order chi connectivity index (χ1) is 6.83. The molecule has 4 heteroatoms. The summed E-state index contributed by atoms with van der Waals surface area (Å²) in [5.74, 6) is 7.23. The quantitative estimate of drug-likeness (QED) is 0.654. The normalized spacial score (nSPS) is 19.7. The number of hydroxylamine groups is 1. The highest BCUT2D eigenvalue weighted by atomic mass is 16.6. The fourth-order valence-electron chi connectivity index (χ4n) is 1.28. The largest absolute Gasteiger partial charge is 0.744 e. The zero-order valence-corrected chi connectivity index (χ0v) is 9.61. The first-order valence-electron chi connectivity index (χ1n) is 4.85. The van der Waals surface area contributed by atoms with Crippen molar-refractivity contribution in [3.05, 3.63) is 46.6 Å². The van der Waals surface area contributed by atoms with Crippen LogP contribution in [0.2, 0.25) is 0 Å². The van der Waals surface area contributed by atoms with E-state index in [1.54, 1.807) is 6.08 Å². The molecule has 0 aromatic rings. The van der Waals surface area contributed by atoms with Gasteiger partial charge in [-0.1, -0.05) is 32.1 Å². The molecule has 4 nitrogen and oxygen atoms in total. The average Bonchev–Trinajstić information content (AvgIpc) is 2.26. The van der Waals surface area contributed by atoms with Crippen molar-refractivity contribution in [3.63, 3.8) is 0 Å². The molecule has 0 aromatic heterocycles. The van der Waals surface area contributed by atoms with E-state index < -0.39 is 0 Å². The highest BCUT2D eigenvalue weighted by Crippen LogP contribution is 2.26. The molecule has 0 aromatic carbocycles. The van der Waals surface area contributed by atoms with Gasteiger partial charge in [0.15, 0.2) is 0 Å². The lowest BCUT2D eigenvalue weighted by atomic mass is 9.93. The standard InChI is InChI=1S/C11H17N3O/c1-9-5-7-11(2,3)8-6-10(9)14(15)13(4)12/h5-8,12H,1-4H3/q-2. The molecule has 84 valence electrons. The van der Waals surface area contributed by atoms with E-state index in [9.17, 15) is 5.21 Å². The molecule has 0 fully saturated rings. The fraction of sp³-hybridized carbons (Fsp3) is 0.455. The van der Waals surface area contributed by atoms with Crippen LogP contribution in [0.15, 0.2) is 35.6 Å². The molecule has 0 unspecified atom stereocenters. The summed E-state index contributed by atoms with van der Waals surface area (Å²) in [7, 11) is 1.40. The van der Waals surface area contributed by atoms with E-state index in [0.29, 0.717) is 10.9 Å². The molecule has 0 bridgehead atoms. The van der Waals surface area contributed by atoms with E-state index in [2.05, 4.69) is 13.8 Å². The maximum absolute atomic E-state index is 11.6. The van der Waals surface area contributed by atoms with E-state index in [1.807, 2.05) is 25.2 Å². The monoisotopic (exact) mass is 207 g/mol. The first kappa shape index (κ1) is 12.0. The van der Waals surface area contributed by atoms with Gasteiger partial charge in [-0.2, -0.15) is 0 Å². The van der Waals surface area contributed by atoms with Gasteiger partial charge in [0.1, 0.15) is 0 Å². The van der Waals surface area contributed by atoms with Gasteiger partial charge in [-0.05, 0) is 25.6 Å². The Balaban J connectivity index is 3.04. The van der Waals surface area contributed by atoms with Crippen molar-refractivity contribution in [2.75, 3.05) is 7.05 Å². The summed E-state index contributed by atoms with van der Waals surface area (Å²) in [5.41, 5.74) is 1.32. The third-order valence-corrected chi connectivity index (χ3v) is 2.32. The molecule has 0 saturated carbocycles. The average molecular weight is 207 g/mol. The molecular weight excluding hydrogens is 190 g/mol. The maximum atomic E-state index is 11.6. The number of hydrogen-bond donors (Lipinski definition) is 0. The summed E-state index contributed by atoms with van der Waals surface area (Å²) < 4.78 is 0. The third kappa shape index (κ3) is 2.92. The Bertz CT molecular complexity index is 327. The van der Waals surface area contributed by atoms with Crippen molar-refractivity contribution >= 4 is 0 Å². The van der Waals surface area contributed by atoms with Crippen LogP contribution in [0.4, 0.5) is 0 Å². The van der Waals surface area contributed by atoms with Crippen LogP contribution in [0.3, 0.4) is 0 Å². The second-order valence-corrected chi connectivity index (χ2v) is 4.35. The van der Waals surface area contributed by atoms with Gasteiger partial charge in [-0.15, -0.1) is 0 Å². The second kappa shape index (κ2) is 4.18. The number of nitrogens with zero attached hydrogens (tertiary/aromatic N) is 2. The van der Waals surface area contributed by atoms with E-state index in [1.165, 1.54) is 7.05 Å². The molecule has 0 saturated heterocycles. The molecular formula is C11H17N3O-2. The summed E-state index contributed by atoms with van der Waals surface area (Å²) in [6.07, 6.45) is 7.70. The molecule has 0 atom stereocenters. The predicted molar refractivity (Wildman–Crippen MR) is 62.1 cm³/mol. The summed E-state index contributed by atoms with van der Waals surface area (Å²) in [4.78, 5) is 0. The topological polar surface area (TPSA) is 53.3 Å². The minimum Gasteiger partial charge on any atom is -0.744 e. The lowest BCUT2D eigenvalue weighted by molar-refractivity contribution is 0.159. The van der Waals surface area contributed by atoms with Crippen molar-refractivity contribution in [1.82, 2.24) is 10.3 Å². The van der Waals surface area contributed by atoms with Crippen molar-refractivity contribution in [2.45, 2.75) is 20.8 Å². The molecule has 0 heterocycles. The predicted octanol–water partition coefficient (Wildman–Crippen LogP) is 3.03. The van der Waals surface area contributed by atoms with Crippen molar-refractivity contribution < 1.29 is 0 Å². The van der Waals surface area contributed by atoms with Crippen LogP contribution in [0.25, 0.3) is 5.84 Å². The SMILES string of the molecule is CC1=C(N([O-])N(C)[NH-])C=CC(C)(C)C=C1. The van der Waals surface area contributed by atoms with Crippen LogP contribution in [-0.4, -0.2) is 17.3 Å². The van der Waals surface area contributed by atoms with Crippen LogP contribution in [0.1, 0.15) is 20.8 Å². The van der Waals surface area contributed by atoms with Gasteiger partial charge in [0.25, 0.3) is 0 Å². The Kier molecular flexibility index (Phi) is 3.34. The number of nitrogens with one attached hydrogen (secondary N) is 1. The molecule has 1 aliphatic carbocycles. The van der Waals surface area contributed by atoms with E-state index >= 15 is 0 Å². The molecule has 0 spiro atoms. The van der Waals surface area contributed by atoms with Crippen molar-refractivity contribution in [1.29, 1.82) is 0 Å². The van der Waals surface area contributed by atoms with E-state index in [4.69, 9.17) is 5.84 Å². The number of allylic oxidation sites excluding steroid dienone is 5. The molecule has 1 N–H and O–H groups in total. The number of hydrogen-bond acceptors (Lipinski definition) is 3. The van der Waals surface area contributed by atoms with Gasteiger partial charge < -0.3 is 21.3 Å². The summed E-state index contributed by atoms with van der Waals surface area (Å²) in [6, 6.07) is 0. The van der Waals surface area contributed by atoms with E-state index in [-0.39, 0.29) is 5.41 Å². The molecule has 1 aliphatic rings. The van der Waals surface area contributed by atoms with Gasteiger partial charge in [0.05, 0.1) is 0 Å². The number of hydrazine groups is 1. The van der Waals surface area contributed by atoms with Crippen LogP contribution >= 0.6 is 0 Å². The smallest absolute Gasteiger partial charge is 0.0420 e. The lowest BCUT2D eigenvalue weighted by Gasteiger charge is -2.44. The highest BCUT2D eigenvalue weighted by molar-refractivity contribution is 5.36. The Labute approximate surface area is 90.9 Å². The van der Waals surface area contributed by atoms with Gasteiger partial charge in [-0.3, -0.25) is 0 Å². The lowest BCUT2D eigenvalue weighted by Crippen LogP contribution is -2.28. The van der Waals surface area contributed by atoms with Crippen molar-refractivity contribution in [2.24, 2.45) is 5.41 Å². The molecule has 0 radical (unpaired) electrons. The zero-order valence-electron chi connectivity index (χ0n) is 9.61. The Morgan fingerprint density at radius 3 is 2.33 bits per heavy atom. The van der Waals surface area contributed by atoms with Crippen LogP contribution in [0, 0.1) is 10.6 Å². The maximum Gasteiger partial charge on any atom is 0.0420 e. The zero-order chi connectivity index (χ0) is 11.6. The summed E-state index contributed by atoms with van der Waals surface area (Å²) >= 11 is 0. The Hall–Kier alpha value is -1.10. The minimum atomic E-state index is -0.0511. The van der Waals surface area contributed by atoms with Crippen LogP contribution in [-0.2, 0) is 0 Å². The molecule has 1 rings (SSSR count). The van der Waals surface area contributed by atoms with Crippen LogP contribution < -0.4 is 0 Å². The van der Waals surface area contributed by atoms with E-state index in [0.717, 1.165) is 10.7 Å². The third-order valence-electron chi connectivity index (χ3n) is 2.32. The minimum absolute atomic E-state index is 0.0511. The summed E-state index contributed by atoms with van der Waals surface area (Å²) in [6.45, 7) is 6.00. The van der Waals surface area contributed by atoms with Gasteiger partial charge in [-0.25, -0.2) is 0 Å². The van der Waals surface area contributed by atoms with Gasteiger partial charge in [0, 0.05) is 11.1 Å². The summed E-state index contributed by atoms with van der Waals surface area (Å²) in [5, 5.41) is 12.9. The molecule has 15 heavy (non-hydrogen) atoms. The Morgan fingerprint density at radius 1 is 1.27 bits per heavy atom. The second-order valence-electron chi connectivity index (χ2n) is 4.35. The molecule has 0 amide bonds. The number of rotatable bonds is 2. The first-order valence-corrected chi connectivity index (χ1v) is 4.85. The van der Waals surface area contributed by atoms with Gasteiger partial charge >= 0.3 is 0 Å². The highest BCUT2D eigenvalue weighted by Gasteiger charge is 2.12. The molecule has 0 aliphatic heterocycles. The Morgan fingerprint density at radius 2 is 1.80 bits per heavy atom. The fourth-order valence-corrected chi connectivity index (χ4v) is 1.28. The van der Waals surface area contributed by atoms with Crippen molar-refractivity contribution in [3.8, 4) is 0 Å². The van der Waals surface area contributed by atoms with Crippen LogP contribution in [0.5, 0.6) is 0 Å².